The fraction of sp³-hybridized carbons (Fsp3) is 0.727. The molecule has 2 nitrogen and oxygen atoms in total. The van der Waals surface area contributed by atoms with E-state index >= 15 is 0 Å². The van der Waals surface area contributed by atoms with Gasteiger partial charge in [-0.3, -0.25) is 4.79 Å². The van der Waals surface area contributed by atoms with Crippen molar-refractivity contribution in [3.63, 3.8) is 0 Å². The molecule has 0 N–H and O–H groups in total. The molecule has 14 heavy (non-hydrogen) atoms. The van der Waals surface area contributed by atoms with E-state index in [1.54, 1.807) is 0 Å². The van der Waals surface area contributed by atoms with Gasteiger partial charge in [-0.05, 0) is 18.8 Å². The Morgan fingerprint density at radius 2 is 2.43 bits per heavy atom. The van der Waals surface area contributed by atoms with Gasteiger partial charge < -0.3 is 4.74 Å². The van der Waals surface area contributed by atoms with Crippen LogP contribution >= 0.6 is 15.9 Å². The number of hydrogen-bond acceptors (Lipinski definition) is 2. The van der Waals surface area contributed by atoms with Gasteiger partial charge in [-0.15, -0.1) is 0 Å². The van der Waals surface area contributed by atoms with Crippen LogP contribution in [-0.2, 0) is 9.53 Å². The van der Waals surface area contributed by atoms with E-state index in [1.165, 1.54) is 12.8 Å². The summed E-state index contributed by atoms with van der Waals surface area (Å²) in [7, 11) is 0. The molecule has 0 radical (unpaired) electrons. The summed E-state index contributed by atoms with van der Waals surface area (Å²) in [5.41, 5.74) is 0. The zero-order valence-corrected chi connectivity index (χ0v) is 9.92. The summed E-state index contributed by atoms with van der Waals surface area (Å²) in [4.78, 5) is 11.5. The lowest BCUT2D eigenvalue weighted by Gasteiger charge is -2.38. The van der Waals surface area contributed by atoms with Gasteiger partial charge in [0.15, 0.2) is 0 Å². The van der Waals surface area contributed by atoms with Crippen LogP contribution in [0.4, 0.5) is 0 Å². The number of unbranched alkanes of at least 4 members (excludes halogenated alkanes) is 1. The van der Waals surface area contributed by atoms with Crippen LogP contribution in [0.1, 0.15) is 32.6 Å². The minimum atomic E-state index is -0.0226. The average molecular weight is 259 g/mol. The summed E-state index contributed by atoms with van der Waals surface area (Å²) in [6, 6.07) is 0. The molecule has 2 bridgehead atoms. The Balaban J connectivity index is 2.07. The molecular weight excluding hydrogens is 244 g/mol. The van der Waals surface area contributed by atoms with Crippen LogP contribution in [0.25, 0.3) is 0 Å². The molecule has 0 aromatic rings. The zero-order valence-electron chi connectivity index (χ0n) is 8.33. The van der Waals surface area contributed by atoms with E-state index in [4.69, 9.17) is 4.74 Å². The van der Waals surface area contributed by atoms with Gasteiger partial charge in [0, 0.05) is 4.48 Å². The van der Waals surface area contributed by atoms with Crippen molar-refractivity contribution < 1.29 is 9.53 Å². The molecule has 3 atom stereocenters. The predicted octanol–water partition coefficient (Wildman–Crippen LogP) is 3.02. The molecule has 1 saturated heterocycles. The molecule has 0 amide bonds. The van der Waals surface area contributed by atoms with Crippen molar-refractivity contribution >= 4 is 21.9 Å². The first-order valence-electron chi connectivity index (χ1n) is 5.30. The average Bonchev–Trinajstić information content (AvgIpc) is 2.17. The van der Waals surface area contributed by atoms with E-state index in [1.807, 2.05) is 6.08 Å². The fourth-order valence-corrected chi connectivity index (χ4v) is 2.86. The Bertz CT molecular complexity index is 272. The molecular formula is C11H15BrO2. The zero-order chi connectivity index (χ0) is 10.1. The topological polar surface area (TPSA) is 26.3 Å². The predicted molar refractivity (Wildman–Crippen MR) is 58.0 cm³/mol. The van der Waals surface area contributed by atoms with Crippen LogP contribution in [0, 0.1) is 11.8 Å². The first-order valence-corrected chi connectivity index (χ1v) is 6.09. The highest BCUT2D eigenvalue weighted by molar-refractivity contribution is 9.11. The maximum atomic E-state index is 11.5. The third-order valence-electron chi connectivity index (χ3n) is 3.13. The van der Waals surface area contributed by atoms with Gasteiger partial charge in [0.05, 0.1) is 5.92 Å². The van der Waals surface area contributed by atoms with E-state index < -0.39 is 0 Å². The SMILES string of the molecule is CCCC[C@@H]1C[C@@H]2OC(=O)[C@H]1C=C2Br. The highest BCUT2D eigenvalue weighted by Gasteiger charge is 2.42. The molecule has 1 fully saturated rings. The molecule has 0 saturated carbocycles. The Labute approximate surface area is 92.8 Å². The molecule has 78 valence electrons. The normalized spacial score (nSPS) is 35.4. The van der Waals surface area contributed by atoms with Crippen LogP contribution in [-0.4, -0.2) is 12.1 Å². The smallest absolute Gasteiger partial charge is 0.313 e. The van der Waals surface area contributed by atoms with E-state index in [0.29, 0.717) is 5.92 Å². The quantitative estimate of drug-likeness (QED) is 0.728. The van der Waals surface area contributed by atoms with Gasteiger partial charge in [0.2, 0.25) is 0 Å². The molecule has 0 aromatic heterocycles. The first kappa shape index (κ1) is 10.2. The lowest BCUT2D eigenvalue weighted by molar-refractivity contribution is -0.161. The number of carbonyl (C=O) groups excluding carboxylic acids is 1. The van der Waals surface area contributed by atoms with Gasteiger partial charge in [-0.2, -0.15) is 0 Å². The summed E-state index contributed by atoms with van der Waals surface area (Å²) in [5.74, 6) is 0.508. The van der Waals surface area contributed by atoms with Gasteiger partial charge in [0.1, 0.15) is 6.10 Å². The van der Waals surface area contributed by atoms with E-state index in [2.05, 4.69) is 22.9 Å². The van der Waals surface area contributed by atoms with Crippen molar-refractivity contribution in [2.24, 2.45) is 11.8 Å². The van der Waals surface area contributed by atoms with Gasteiger partial charge >= 0.3 is 5.97 Å². The summed E-state index contributed by atoms with van der Waals surface area (Å²) in [6.45, 7) is 2.19. The van der Waals surface area contributed by atoms with Crippen LogP contribution in [0.15, 0.2) is 10.6 Å². The number of carbonyl (C=O) groups is 1. The number of rotatable bonds is 3. The van der Waals surface area contributed by atoms with Crippen molar-refractivity contribution in [3.05, 3.63) is 10.6 Å². The molecule has 3 aliphatic rings. The highest BCUT2D eigenvalue weighted by Crippen LogP contribution is 2.41. The second-order valence-corrected chi connectivity index (χ2v) is 5.06. The maximum Gasteiger partial charge on any atom is 0.313 e. The minimum Gasteiger partial charge on any atom is -0.456 e. The number of hydrogen-bond donors (Lipinski definition) is 0. The maximum absolute atomic E-state index is 11.5. The van der Waals surface area contributed by atoms with Crippen LogP contribution < -0.4 is 0 Å². The van der Waals surface area contributed by atoms with Crippen LogP contribution in [0.3, 0.4) is 0 Å². The Kier molecular flexibility index (Phi) is 2.96. The molecule has 1 aliphatic carbocycles. The molecule has 3 rings (SSSR count). The van der Waals surface area contributed by atoms with E-state index in [0.717, 1.165) is 17.3 Å². The monoisotopic (exact) mass is 258 g/mol. The summed E-state index contributed by atoms with van der Waals surface area (Å²) in [5, 5.41) is 0. The summed E-state index contributed by atoms with van der Waals surface area (Å²) in [6.07, 6.45) is 6.63. The van der Waals surface area contributed by atoms with Crippen molar-refractivity contribution in [2.75, 3.05) is 0 Å². The molecule has 2 heterocycles. The number of fused-ring (bicyclic) bond motifs is 2. The van der Waals surface area contributed by atoms with Crippen molar-refractivity contribution in [2.45, 2.75) is 38.7 Å². The molecule has 0 unspecified atom stereocenters. The second kappa shape index (κ2) is 4.05. The molecule has 0 aromatic carbocycles. The number of esters is 1. The van der Waals surface area contributed by atoms with E-state index in [9.17, 15) is 4.79 Å². The van der Waals surface area contributed by atoms with Crippen LogP contribution in [0.5, 0.6) is 0 Å². The fourth-order valence-electron chi connectivity index (χ4n) is 2.30. The largest absolute Gasteiger partial charge is 0.456 e. The van der Waals surface area contributed by atoms with Crippen molar-refractivity contribution in [1.82, 2.24) is 0 Å². The van der Waals surface area contributed by atoms with Gasteiger partial charge in [-0.1, -0.05) is 41.8 Å². The van der Waals surface area contributed by atoms with Gasteiger partial charge in [-0.25, -0.2) is 0 Å². The summed E-state index contributed by atoms with van der Waals surface area (Å²) >= 11 is 3.45. The number of ether oxygens (including phenoxy) is 1. The van der Waals surface area contributed by atoms with Gasteiger partial charge in [0.25, 0.3) is 0 Å². The van der Waals surface area contributed by atoms with Crippen LogP contribution in [0.2, 0.25) is 0 Å². The minimum absolute atomic E-state index is 0.00866. The summed E-state index contributed by atoms with van der Waals surface area (Å²) < 4.78 is 6.32. The second-order valence-electron chi connectivity index (χ2n) is 4.14. The molecule has 3 heteroatoms. The third kappa shape index (κ3) is 1.74. The standard InChI is InChI=1S/C11H15BrO2/c1-2-3-4-7-5-10-9(12)6-8(7)11(13)14-10/h6-8,10H,2-5H2,1H3/t7-,8+,10+/m1/s1. The third-order valence-corrected chi connectivity index (χ3v) is 3.91. The Morgan fingerprint density at radius 1 is 1.64 bits per heavy atom. The molecule has 2 aliphatic heterocycles. The Morgan fingerprint density at radius 3 is 3.07 bits per heavy atom. The van der Waals surface area contributed by atoms with Crippen molar-refractivity contribution in [3.8, 4) is 0 Å². The lowest BCUT2D eigenvalue weighted by Crippen LogP contribution is -2.41. The first-order chi connectivity index (χ1) is 6.72. The highest BCUT2D eigenvalue weighted by atomic mass is 79.9. The lowest BCUT2D eigenvalue weighted by atomic mass is 9.77. The Hall–Kier alpha value is -0.310. The van der Waals surface area contributed by atoms with E-state index in [-0.39, 0.29) is 18.0 Å². The molecule has 0 spiro atoms. The van der Waals surface area contributed by atoms with Crippen molar-refractivity contribution in [1.29, 1.82) is 0 Å². The number of halogens is 1.